The van der Waals surface area contributed by atoms with E-state index in [2.05, 4.69) is 15.2 Å². The van der Waals surface area contributed by atoms with Crippen LogP contribution in [-0.2, 0) is 10.0 Å². The molecule has 0 spiro atoms. The first kappa shape index (κ1) is 20.3. The van der Waals surface area contributed by atoms with Gasteiger partial charge in [-0.05, 0) is 55.8 Å². The Labute approximate surface area is 170 Å². The van der Waals surface area contributed by atoms with Crippen molar-refractivity contribution in [2.45, 2.75) is 18.7 Å². The van der Waals surface area contributed by atoms with E-state index in [0.29, 0.717) is 17.0 Å². The molecule has 7 heteroatoms. The Morgan fingerprint density at radius 2 is 1.45 bits per heavy atom. The maximum Gasteiger partial charge on any atom is 0.276 e. The van der Waals surface area contributed by atoms with Gasteiger partial charge in [0.05, 0.1) is 10.6 Å². The molecule has 0 aliphatic rings. The number of aryl methyl sites for hydroxylation is 1. The third-order valence-electron chi connectivity index (χ3n) is 4.26. The van der Waals surface area contributed by atoms with E-state index in [1.807, 2.05) is 13.0 Å². The van der Waals surface area contributed by atoms with Gasteiger partial charge >= 0.3 is 0 Å². The number of amides is 1. The monoisotopic (exact) mass is 407 g/mol. The summed E-state index contributed by atoms with van der Waals surface area (Å²) >= 11 is 0. The molecule has 0 saturated carbocycles. The second-order valence-electron chi connectivity index (χ2n) is 6.50. The minimum absolute atomic E-state index is 0.152. The third-order valence-corrected chi connectivity index (χ3v) is 5.49. The number of rotatable bonds is 6. The Bertz CT molecular complexity index is 1120. The van der Waals surface area contributed by atoms with Gasteiger partial charge in [0.25, 0.3) is 15.9 Å². The van der Waals surface area contributed by atoms with E-state index in [0.717, 1.165) is 11.1 Å². The predicted molar refractivity (Wildman–Crippen MR) is 115 cm³/mol. The number of anilines is 1. The van der Waals surface area contributed by atoms with Crippen molar-refractivity contribution in [1.82, 2.24) is 4.83 Å². The molecule has 3 aromatic carbocycles. The molecule has 3 aromatic rings. The molecule has 0 aromatic heterocycles. The van der Waals surface area contributed by atoms with Gasteiger partial charge in [-0.25, -0.2) is 0 Å². The van der Waals surface area contributed by atoms with Crippen LogP contribution >= 0.6 is 0 Å². The zero-order valence-corrected chi connectivity index (χ0v) is 16.9. The smallest absolute Gasteiger partial charge is 0.276 e. The quantitative estimate of drug-likeness (QED) is 0.479. The van der Waals surface area contributed by atoms with Crippen LogP contribution in [0.4, 0.5) is 5.69 Å². The van der Waals surface area contributed by atoms with Crippen molar-refractivity contribution < 1.29 is 13.2 Å². The van der Waals surface area contributed by atoms with Crippen LogP contribution in [0.25, 0.3) is 0 Å². The van der Waals surface area contributed by atoms with E-state index < -0.39 is 10.0 Å². The summed E-state index contributed by atoms with van der Waals surface area (Å²) in [5.74, 6) is -0.199. The van der Waals surface area contributed by atoms with E-state index in [1.54, 1.807) is 67.6 Å². The fourth-order valence-corrected chi connectivity index (χ4v) is 3.41. The first-order valence-corrected chi connectivity index (χ1v) is 10.4. The van der Waals surface area contributed by atoms with E-state index in [1.165, 1.54) is 12.1 Å². The van der Waals surface area contributed by atoms with Crippen molar-refractivity contribution >= 4 is 27.3 Å². The Kier molecular flexibility index (Phi) is 6.09. The highest BCUT2D eigenvalue weighted by Crippen LogP contribution is 2.13. The molecule has 0 aliphatic heterocycles. The van der Waals surface area contributed by atoms with Gasteiger partial charge in [0.2, 0.25) is 0 Å². The summed E-state index contributed by atoms with van der Waals surface area (Å²) in [7, 11) is -3.73. The zero-order valence-electron chi connectivity index (χ0n) is 16.1. The summed E-state index contributed by atoms with van der Waals surface area (Å²) in [5.41, 5.74) is 3.41. The molecular weight excluding hydrogens is 386 g/mol. The van der Waals surface area contributed by atoms with E-state index >= 15 is 0 Å². The number of carbonyl (C=O) groups excluding carboxylic acids is 1. The molecule has 0 heterocycles. The van der Waals surface area contributed by atoms with Crippen LogP contribution in [0.2, 0.25) is 0 Å². The van der Waals surface area contributed by atoms with Gasteiger partial charge < -0.3 is 5.32 Å². The summed E-state index contributed by atoms with van der Waals surface area (Å²) in [6, 6.07) is 22.5. The standard InChI is InChI=1S/C22H21N3O3S/c1-16-8-14-21(15-9-16)29(27,28)25-24-17(2)18-10-12-20(13-11-18)23-22(26)19-6-4-3-5-7-19/h3-15,25H,1-2H3,(H,23,26). The van der Waals surface area contributed by atoms with Gasteiger partial charge in [0, 0.05) is 11.3 Å². The largest absolute Gasteiger partial charge is 0.322 e. The summed E-state index contributed by atoms with van der Waals surface area (Å²) in [4.78, 5) is 14.6. The van der Waals surface area contributed by atoms with Gasteiger partial charge in [-0.1, -0.05) is 48.0 Å². The molecule has 2 N–H and O–H groups in total. The number of hydrogen-bond donors (Lipinski definition) is 2. The second kappa shape index (κ2) is 8.70. The van der Waals surface area contributed by atoms with Crippen molar-refractivity contribution in [1.29, 1.82) is 0 Å². The molecule has 0 radical (unpaired) electrons. The third kappa shape index (κ3) is 5.30. The number of hydrogen-bond acceptors (Lipinski definition) is 4. The lowest BCUT2D eigenvalue weighted by Gasteiger charge is -2.08. The number of nitrogens with zero attached hydrogens (tertiary/aromatic N) is 1. The maximum absolute atomic E-state index is 12.3. The Morgan fingerprint density at radius 3 is 2.07 bits per heavy atom. The fourth-order valence-electron chi connectivity index (χ4n) is 2.55. The van der Waals surface area contributed by atoms with Crippen LogP contribution in [0.15, 0.2) is 88.9 Å². The molecule has 148 valence electrons. The normalized spacial score (nSPS) is 11.7. The molecule has 0 aliphatic carbocycles. The lowest BCUT2D eigenvalue weighted by atomic mass is 10.1. The van der Waals surface area contributed by atoms with Crippen molar-refractivity contribution in [2.24, 2.45) is 5.10 Å². The highest BCUT2D eigenvalue weighted by molar-refractivity contribution is 7.89. The molecule has 3 rings (SSSR count). The lowest BCUT2D eigenvalue weighted by molar-refractivity contribution is 0.102. The molecule has 29 heavy (non-hydrogen) atoms. The number of benzene rings is 3. The van der Waals surface area contributed by atoms with E-state index in [-0.39, 0.29) is 10.8 Å². The Morgan fingerprint density at radius 1 is 0.828 bits per heavy atom. The van der Waals surface area contributed by atoms with Gasteiger partial charge in [-0.15, -0.1) is 0 Å². The van der Waals surface area contributed by atoms with Gasteiger partial charge in [-0.3, -0.25) is 4.79 Å². The van der Waals surface area contributed by atoms with E-state index in [9.17, 15) is 13.2 Å². The van der Waals surface area contributed by atoms with Gasteiger partial charge in [0.15, 0.2) is 0 Å². The van der Waals surface area contributed by atoms with Crippen molar-refractivity contribution in [3.63, 3.8) is 0 Å². The highest BCUT2D eigenvalue weighted by Gasteiger charge is 2.12. The van der Waals surface area contributed by atoms with Crippen molar-refractivity contribution in [3.05, 3.63) is 95.6 Å². The van der Waals surface area contributed by atoms with Crippen LogP contribution in [0.3, 0.4) is 0 Å². The summed E-state index contributed by atoms with van der Waals surface area (Å²) in [6.07, 6.45) is 0. The van der Waals surface area contributed by atoms with E-state index in [4.69, 9.17) is 0 Å². The van der Waals surface area contributed by atoms with Crippen molar-refractivity contribution in [3.8, 4) is 0 Å². The van der Waals surface area contributed by atoms with Crippen LogP contribution in [0.1, 0.15) is 28.4 Å². The van der Waals surface area contributed by atoms with Gasteiger partial charge in [-0.2, -0.15) is 18.4 Å². The number of carbonyl (C=O) groups is 1. The summed E-state index contributed by atoms with van der Waals surface area (Å²) in [6.45, 7) is 3.59. The van der Waals surface area contributed by atoms with Crippen molar-refractivity contribution in [2.75, 3.05) is 5.32 Å². The number of sulfonamides is 1. The number of nitrogens with one attached hydrogen (secondary N) is 2. The molecule has 6 nitrogen and oxygen atoms in total. The molecule has 0 unspecified atom stereocenters. The molecular formula is C22H21N3O3S. The SMILES string of the molecule is CC(=NNS(=O)(=O)c1ccc(C)cc1)c1ccc(NC(=O)c2ccccc2)cc1. The Hall–Kier alpha value is -3.45. The van der Waals surface area contributed by atoms with Crippen LogP contribution < -0.4 is 10.1 Å². The molecule has 0 saturated heterocycles. The average molecular weight is 407 g/mol. The molecule has 0 atom stereocenters. The maximum atomic E-state index is 12.3. The summed E-state index contributed by atoms with van der Waals surface area (Å²) in [5, 5.41) is 6.81. The topological polar surface area (TPSA) is 87.6 Å². The first-order valence-electron chi connectivity index (χ1n) is 8.95. The molecule has 1 amide bonds. The predicted octanol–water partition coefficient (Wildman–Crippen LogP) is 3.95. The fraction of sp³-hybridized carbons (Fsp3) is 0.0909. The first-order chi connectivity index (χ1) is 13.8. The molecule has 0 fully saturated rings. The lowest BCUT2D eigenvalue weighted by Crippen LogP contribution is -2.20. The number of hydrazone groups is 1. The van der Waals surface area contributed by atoms with Crippen LogP contribution in [0.5, 0.6) is 0 Å². The van der Waals surface area contributed by atoms with Crippen LogP contribution in [0, 0.1) is 6.92 Å². The average Bonchev–Trinajstić information content (AvgIpc) is 2.73. The minimum atomic E-state index is -3.73. The molecule has 0 bridgehead atoms. The highest BCUT2D eigenvalue weighted by atomic mass is 32.2. The zero-order chi connectivity index (χ0) is 20.9. The van der Waals surface area contributed by atoms with Crippen LogP contribution in [-0.4, -0.2) is 20.0 Å². The second-order valence-corrected chi connectivity index (χ2v) is 8.16. The minimum Gasteiger partial charge on any atom is -0.322 e. The van der Waals surface area contributed by atoms with Gasteiger partial charge in [0.1, 0.15) is 0 Å². The summed E-state index contributed by atoms with van der Waals surface area (Å²) < 4.78 is 24.6. The Balaban J connectivity index is 1.67.